The Morgan fingerprint density at radius 1 is 1.22 bits per heavy atom. The smallest absolute Gasteiger partial charge is 0.248 e. The standard InChI is InChI=1S/C18H24N4O/c1-14-12-19-13-20-16(14)15-6-10-21(11-7-15)17(23)18(2,3)22-8-4-5-9-22/h4-5,8-9,12-13,15H,6-7,10-11H2,1-3H3. The molecule has 1 amide bonds. The minimum absolute atomic E-state index is 0.187. The number of aromatic nitrogens is 3. The van der Waals surface area contributed by atoms with Crippen molar-refractivity contribution < 1.29 is 4.79 Å². The summed E-state index contributed by atoms with van der Waals surface area (Å²) in [5.41, 5.74) is 1.74. The monoisotopic (exact) mass is 312 g/mol. The lowest BCUT2D eigenvalue weighted by atomic mass is 9.90. The first-order valence-corrected chi connectivity index (χ1v) is 8.19. The number of carbonyl (C=O) groups excluding carboxylic acids is 1. The van der Waals surface area contributed by atoms with Crippen LogP contribution in [-0.4, -0.2) is 38.4 Å². The quantitative estimate of drug-likeness (QED) is 0.875. The van der Waals surface area contributed by atoms with E-state index in [9.17, 15) is 4.79 Å². The number of nitrogens with zero attached hydrogens (tertiary/aromatic N) is 4. The van der Waals surface area contributed by atoms with E-state index in [2.05, 4.69) is 16.9 Å². The van der Waals surface area contributed by atoms with Crippen LogP contribution in [0, 0.1) is 6.92 Å². The van der Waals surface area contributed by atoms with Gasteiger partial charge in [0.25, 0.3) is 0 Å². The molecule has 3 heterocycles. The molecule has 0 radical (unpaired) electrons. The molecule has 0 spiro atoms. The molecule has 0 aliphatic carbocycles. The third-order valence-electron chi connectivity index (χ3n) is 4.88. The highest BCUT2D eigenvalue weighted by molar-refractivity contribution is 5.83. The third kappa shape index (κ3) is 3.00. The van der Waals surface area contributed by atoms with Crippen molar-refractivity contribution in [1.82, 2.24) is 19.4 Å². The highest BCUT2D eigenvalue weighted by Gasteiger charge is 2.35. The molecule has 1 fully saturated rings. The summed E-state index contributed by atoms with van der Waals surface area (Å²) in [5, 5.41) is 0. The van der Waals surface area contributed by atoms with Crippen molar-refractivity contribution in [3.05, 3.63) is 48.3 Å². The van der Waals surface area contributed by atoms with E-state index in [0.29, 0.717) is 5.92 Å². The molecular weight excluding hydrogens is 288 g/mol. The van der Waals surface area contributed by atoms with Gasteiger partial charge in [0, 0.05) is 43.3 Å². The first-order valence-electron chi connectivity index (χ1n) is 8.19. The summed E-state index contributed by atoms with van der Waals surface area (Å²) >= 11 is 0. The topological polar surface area (TPSA) is 51.0 Å². The van der Waals surface area contributed by atoms with Crippen LogP contribution in [0.5, 0.6) is 0 Å². The Balaban J connectivity index is 1.67. The Bertz CT molecular complexity index is 670. The molecule has 1 aliphatic heterocycles. The first-order chi connectivity index (χ1) is 11.0. The molecule has 0 unspecified atom stereocenters. The van der Waals surface area contributed by atoms with Gasteiger partial charge in [0.2, 0.25) is 5.91 Å². The fraction of sp³-hybridized carbons (Fsp3) is 0.500. The van der Waals surface area contributed by atoms with E-state index in [1.54, 1.807) is 6.33 Å². The molecule has 3 rings (SSSR count). The van der Waals surface area contributed by atoms with Crippen molar-refractivity contribution in [2.75, 3.05) is 13.1 Å². The Morgan fingerprint density at radius 2 is 1.87 bits per heavy atom. The second-order valence-electron chi connectivity index (χ2n) is 6.81. The zero-order valence-electron chi connectivity index (χ0n) is 14.1. The Labute approximate surface area is 137 Å². The van der Waals surface area contributed by atoms with Gasteiger partial charge in [-0.25, -0.2) is 9.97 Å². The lowest BCUT2D eigenvalue weighted by Gasteiger charge is -2.37. The third-order valence-corrected chi connectivity index (χ3v) is 4.88. The summed E-state index contributed by atoms with van der Waals surface area (Å²) in [5.74, 6) is 0.614. The molecule has 1 saturated heterocycles. The molecular formula is C18H24N4O. The molecule has 0 aromatic carbocycles. The number of hydrogen-bond donors (Lipinski definition) is 0. The summed E-state index contributed by atoms with van der Waals surface area (Å²) in [7, 11) is 0. The zero-order chi connectivity index (χ0) is 16.4. The maximum Gasteiger partial charge on any atom is 0.248 e. The van der Waals surface area contributed by atoms with Crippen LogP contribution in [0.1, 0.15) is 43.9 Å². The molecule has 0 bridgehead atoms. The van der Waals surface area contributed by atoms with Crippen LogP contribution in [0.25, 0.3) is 0 Å². The molecule has 23 heavy (non-hydrogen) atoms. The highest BCUT2D eigenvalue weighted by atomic mass is 16.2. The first kappa shape index (κ1) is 15.7. The summed E-state index contributed by atoms with van der Waals surface area (Å²) in [4.78, 5) is 23.4. The van der Waals surface area contributed by atoms with Gasteiger partial charge in [-0.3, -0.25) is 4.79 Å². The van der Waals surface area contributed by atoms with Gasteiger partial charge >= 0.3 is 0 Å². The summed E-state index contributed by atoms with van der Waals surface area (Å²) in [6.45, 7) is 7.60. The molecule has 2 aromatic heterocycles. The lowest BCUT2D eigenvalue weighted by Crippen LogP contribution is -2.49. The second-order valence-corrected chi connectivity index (χ2v) is 6.81. The normalized spacial score (nSPS) is 16.6. The van der Waals surface area contributed by atoms with E-state index in [0.717, 1.165) is 37.2 Å². The van der Waals surface area contributed by atoms with Gasteiger partial charge in [-0.15, -0.1) is 0 Å². The van der Waals surface area contributed by atoms with Gasteiger partial charge in [-0.05, 0) is 51.3 Å². The van der Waals surface area contributed by atoms with Crippen LogP contribution in [0.2, 0.25) is 0 Å². The van der Waals surface area contributed by atoms with Crippen LogP contribution in [0.4, 0.5) is 0 Å². The SMILES string of the molecule is Cc1cncnc1C1CCN(C(=O)C(C)(C)n2cccc2)CC1. The molecule has 5 heteroatoms. The van der Waals surface area contributed by atoms with Crippen molar-refractivity contribution in [2.45, 2.75) is 45.1 Å². The molecule has 1 aliphatic rings. The van der Waals surface area contributed by atoms with E-state index >= 15 is 0 Å². The Kier molecular flexibility index (Phi) is 4.20. The zero-order valence-corrected chi connectivity index (χ0v) is 14.1. The van der Waals surface area contributed by atoms with E-state index in [4.69, 9.17) is 0 Å². The fourth-order valence-electron chi connectivity index (χ4n) is 3.40. The Hall–Kier alpha value is -2.17. The number of rotatable bonds is 3. The molecule has 2 aromatic rings. The van der Waals surface area contributed by atoms with Gasteiger partial charge in [0.05, 0.1) is 0 Å². The van der Waals surface area contributed by atoms with Crippen LogP contribution < -0.4 is 0 Å². The molecule has 0 saturated carbocycles. The van der Waals surface area contributed by atoms with Crippen molar-refractivity contribution in [2.24, 2.45) is 0 Å². The van der Waals surface area contributed by atoms with Crippen LogP contribution in [0.3, 0.4) is 0 Å². The fourth-order valence-corrected chi connectivity index (χ4v) is 3.40. The van der Waals surface area contributed by atoms with Gasteiger partial charge < -0.3 is 9.47 Å². The second kappa shape index (κ2) is 6.14. The van der Waals surface area contributed by atoms with Gasteiger partial charge in [-0.2, -0.15) is 0 Å². The number of aryl methyl sites for hydroxylation is 1. The van der Waals surface area contributed by atoms with Crippen molar-refractivity contribution in [3.8, 4) is 0 Å². The summed E-state index contributed by atoms with van der Waals surface area (Å²) in [6, 6.07) is 3.91. The average Bonchev–Trinajstić information content (AvgIpc) is 3.10. The minimum Gasteiger partial charge on any atom is -0.341 e. The molecule has 0 atom stereocenters. The molecule has 122 valence electrons. The maximum absolute atomic E-state index is 12.9. The van der Waals surface area contributed by atoms with E-state index in [1.807, 2.05) is 54.0 Å². The van der Waals surface area contributed by atoms with Gasteiger partial charge in [0.15, 0.2) is 0 Å². The van der Waals surface area contributed by atoms with E-state index in [-0.39, 0.29) is 5.91 Å². The number of amides is 1. The van der Waals surface area contributed by atoms with Crippen molar-refractivity contribution in [1.29, 1.82) is 0 Å². The maximum atomic E-state index is 12.9. The molecule has 5 nitrogen and oxygen atoms in total. The average molecular weight is 312 g/mol. The van der Waals surface area contributed by atoms with Gasteiger partial charge in [-0.1, -0.05) is 0 Å². The number of hydrogen-bond acceptors (Lipinski definition) is 3. The Morgan fingerprint density at radius 3 is 2.48 bits per heavy atom. The van der Waals surface area contributed by atoms with Crippen LogP contribution >= 0.6 is 0 Å². The predicted molar refractivity (Wildman–Crippen MR) is 89.1 cm³/mol. The summed E-state index contributed by atoms with van der Waals surface area (Å²) < 4.78 is 1.98. The van der Waals surface area contributed by atoms with E-state index in [1.165, 1.54) is 0 Å². The lowest BCUT2D eigenvalue weighted by molar-refractivity contribution is -0.140. The minimum atomic E-state index is -0.541. The largest absolute Gasteiger partial charge is 0.341 e. The van der Waals surface area contributed by atoms with Crippen molar-refractivity contribution in [3.63, 3.8) is 0 Å². The summed E-state index contributed by atoms with van der Waals surface area (Å²) in [6.07, 6.45) is 9.32. The number of piperidine rings is 1. The van der Waals surface area contributed by atoms with Crippen molar-refractivity contribution >= 4 is 5.91 Å². The predicted octanol–water partition coefficient (Wildman–Crippen LogP) is 2.73. The van der Waals surface area contributed by atoms with E-state index < -0.39 is 5.54 Å². The highest BCUT2D eigenvalue weighted by Crippen LogP contribution is 2.30. The van der Waals surface area contributed by atoms with Crippen LogP contribution in [0.15, 0.2) is 37.1 Å². The number of carbonyl (C=O) groups is 1. The number of likely N-dealkylation sites (tertiary alicyclic amines) is 1. The van der Waals surface area contributed by atoms with Gasteiger partial charge in [0.1, 0.15) is 11.9 Å². The van der Waals surface area contributed by atoms with Crippen LogP contribution in [-0.2, 0) is 10.3 Å². The molecule has 0 N–H and O–H groups in total.